The molecule has 3 N–H and O–H groups in total. The van der Waals surface area contributed by atoms with Crippen LogP contribution in [0.15, 0.2) is 59.9 Å². The zero-order chi connectivity index (χ0) is 20.6. The fourth-order valence-electron chi connectivity index (χ4n) is 2.48. The molecule has 0 bridgehead atoms. The van der Waals surface area contributed by atoms with Gasteiger partial charge in [0.25, 0.3) is 0 Å². The van der Waals surface area contributed by atoms with Crippen LogP contribution in [0.25, 0.3) is 0 Å². The Morgan fingerprint density at radius 3 is 2.52 bits per heavy atom. The highest BCUT2D eigenvalue weighted by Crippen LogP contribution is 2.20. The number of aryl methyl sites for hydroxylation is 2. The smallest absolute Gasteiger partial charge is 0.229 e. The molecule has 2 aromatic heterocycles. The molecule has 0 unspecified atom stereocenters. The molecule has 0 amide bonds. The van der Waals surface area contributed by atoms with Gasteiger partial charge in [-0.05, 0) is 55.9 Å². The predicted octanol–water partition coefficient (Wildman–Crippen LogP) is 4.10. The van der Waals surface area contributed by atoms with E-state index >= 15 is 0 Å². The van der Waals surface area contributed by atoms with Gasteiger partial charge in [-0.15, -0.1) is 0 Å². The third-order valence-electron chi connectivity index (χ3n) is 3.71. The van der Waals surface area contributed by atoms with E-state index in [1.54, 1.807) is 18.5 Å². The van der Waals surface area contributed by atoms with E-state index in [1.807, 2.05) is 50.2 Å². The van der Waals surface area contributed by atoms with Crippen LogP contribution in [0.3, 0.4) is 0 Å². The topological polar surface area (TPSA) is 87.1 Å². The van der Waals surface area contributed by atoms with Crippen molar-refractivity contribution in [3.05, 3.63) is 76.8 Å². The van der Waals surface area contributed by atoms with Gasteiger partial charge in [0.1, 0.15) is 0 Å². The van der Waals surface area contributed by atoms with Crippen molar-refractivity contribution in [1.82, 2.24) is 20.3 Å². The molecule has 0 aliphatic heterocycles. The van der Waals surface area contributed by atoms with E-state index < -0.39 is 0 Å². The standard InChI is InChI=1S/C20H20ClN7S/c1-13-10-14(2)25-19(24-13)27-18(23-12-15-6-5-9-22-11-15)28-20(29)26-17-8-4-3-7-16(17)21/h3-11H,12H2,1-2H3,(H3,23,24,25,26,27,28,29). The first-order chi connectivity index (χ1) is 14.0. The molecular formula is C20H20ClN7S. The van der Waals surface area contributed by atoms with Gasteiger partial charge in [0.2, 0.25) is 11.9 Å². The number of halogens is 1. The molecule has 7 nitrogen and oxygen atoms in total. The number of pyridine rings is 1. The Morgan fingerprint density at radius 2 is 1.83 bits per heavy atom. The van der Waals surface area contributed by atoms with Crippen molar-refractivity contribution in [2.75, 3.05) is 10.6 Å². The van der Waals surface area contributed by atoms with E-state index in [-0.39, 0.29) is 0 Å². The van der Waals surface area contributed by atoms with Crippen molar-refractivity contribution in [2.24, 2.45) is 4.99 Å². The van der Waals surface area contributed by atoms with Gasteiger partial charge >= 0.3 is 0 Å². The second-order valence-corrected chi connectivity index (χ2v) is 7.00. The quantitative estimate of drug-likeness (QED) is 0.329. The van der Waals surface area contributed by atoms with Crippen molar-refractivity contribution < 1.29 is 0 Å². The third kappa shape index (κ3) is 6.48. The van der Waals surface area contributed by atoms with Gasteiger partial charge in [-0.2, -0.15) is 0 Å². The van der Waals surface area contributed by atoms with Crippen LogP contribution in [0.2, 0.25) is 5.02 Å². The zero-order valence-corrected chi connectivity index (χ0v) is 17.6. The summed E-state index contributed by atoms with van der Waals surface area (Å²) in [6, 6.07) is 13.0. The molecule has 1 aromatic carbocycles. The summed E-state index contributed by atoms with van der Waals surface area (Å²) in [5.74, 6) is 0.837. The van der Waals surface area contributed by atoms with Crippen LogP contribution in [-0.4, -0.2) is 26.0 Å². The Hall–Kier alpha value is -3.10. The number of guanidine groups is 1. The number of aromatic nitrogens is 3. The average molecular weight is 426 g/mol. The summed E-state index contributed by atoms with van der Waals surface area (Å²) in [7, 11) is 0. The van der Waals surface area contributed by atoms with Crippen molar-refractivity contribution in [3.63, 3.8) is 0 Å². The summed E-state index contributed by atoms with van der Waals surface area (Å²) in [4.78, 5) is 17.5. The number of anilines is 2. The monoisotopic (exact) mass is 425 g/mol. The van der Waals surface area contributed by atoms with Crippen LogP contribution >= 0.6 is 23.8 Å². The lowest BCUT2D eigenvalue weighted by molar-refractivity contribution is 1.02. The summed E-state index contributed by atoms with van der Waals surface area (Å²) < 4.78 is 0. The number of benzene rings is 1. The Morgan fingerprint density at radius 1 is 1.07 bits per heavy atom. The van der Waals surface area contributed by atoms with Crippen molar-refractivity contribution in [2.45, 2.75) is 20.4 Å². The molecule has 0 aliphatic carbocycles. The van der Waals surface area contributed by atoms with Gasteiger partial charge < -0.3 is 10.6 Å². The minimum absolute atomic E-state index is 0.333. The number of hydrogen-bond acceptors (Lipinski definition) is 5. The molecule has 0 atom stereocenters. The fourth-order valence-corrected chi connectivity index (χ4v) is 2.87. The van der Waals surface area contributed by atoms with E-state index in [2.05, 4.69) is 35.9 Å². The van der Waals surface area contributed by atoms with E-state index in [4.69, 9.17) is 23.8 Å². The van der Waals surface area contributed by atoms with Crippen LogP contribution in [-0.2, 0) is 6.54 Å². The second-order valence-electron chi connectivity index (χ2n) is 6.18. The molecule has 0 radical (unpaired) electrons. The van der Waals surface area contributed by atoms with Gasteiger partial charge in [-0.25, -0.2) is 15.0 Å². The molecule has 0 saturated heterocycles. The lowest BCUT2D eigenvalue weighted by Crippen LogP contribution is -2.39. The fraction of sp³-hybridized carbons (Fsp3) is 0.150. The number of hydrogen-bond donors (Lipinski definition) is 3. The summed E-state index contributed by atoms with van der Waals surface area (Å²) in [5, 5.41) is 10.1. The molecule has 0 aliphatic rings. The van der Waals surface area contributed by atoms with Gasteiger partial charge in [0.05, 0.1) is 17.3 Å². The number of nitrogens with one attached hydrogen (secondary N) is 3. The lowest BCUT2D eigenvalue weighted by atomic mass is 10.3. The van der Waals surface area contributed by atoms with Crippen LogP contribution in [0.1, 0.15) is 17.0 Å². The highest BCUT2D eigenvalue weighted by Gasteiger charge is 2.08. The molecule has 3 rings (SSSR count). The summed E-state index contributed by atoms with van der Waals surface area (Å²) in [6.45, 7) is 4.22. The molecule has 148 valence electrons. The van der Waals surface area contributed by atoms with Crippen molar-refractivity contribution in [3.8, 4) is 0 Å². The summed E-state index contributed by atoms with van der Waals surface area (Å²) in [5.41, 5.74) is 3.35. The first-order valence-corrected chi connectivity index (χ1v) is 9.63. The minimum atomic E-state index is 0.333. The minimum Gasteiger partial charge on any atom is -0.331 e. The summed E-state index contributed by atoms with van der Waals surface area (Å²) in [6.07, 6.45) is 3.48. The van der Waals surface area contributed by atoms with Gasteiger partial charge in [-0.3, -0.25) is 10.3 Å². The van der Waals surface area contributed by atoms with E-state index in [0.717, 1.165) is 17.0 Å². The van der Waals surface area contributed by atoms with Gasteiger partial charge in [0, 0.05) is 23.8 Å². The molecule has 0 spiro atoms. The van der Waals surface area contributed by atoms with E-state index in [1.165, 1.54) is 0 Å². The highest BCUT2D eigenvalue weighted by atomic mass is 35.5. The largest absolute Gasteiger partial charge is 0.331 e. The molecule has 3 aromatic rings. The summed E-state index contributed by atoms with van der Waals surface area (Å²) >= 11 is 11.6. The number of para-hydroxylation sites is 1. The zero-order valence-electron chi connectivity index (χ0n) is 16.0. The molecule has 29 heavy (non-hydrogen) atoms. The number of rotatable bonds is 4. The van der Waals surface area contributed by atoms with Crippen LogP contribution in [0.4, 0.5) is 11.6 Å². The van der Waals surface area contributed by atoms with Crippen molar-refractivity contribution >= 4 is 46.5 Å². The van der Waals surface area contributed by atoms with Crippen LogP contribution < -0.4 is 16.0 Å². The predicted molar refractivity (Wildman–Crippen MR) is 121 cm³/mol. The molecule has 0 saturated carbocycles. The number of thiocarbonyl (C=S) groups is 1. The van der Waals surface area contributed by atoms with Gasteiger partial charge in [0.15, 0.2) is 5.11 Å². The van der Waals surface area contributed by atoms with Crippen LogP contribution in [0.5, 0.6) is 0 Å². The van der Waals surface area contributed by atoms with Crippen LogP contribution in [0, 0.1) is 13.8 Å². The highest BCUT2D eigenvalue weighted by molar-refractivity contribution is 7.80. The Bertz CT molecular complexity index is 1000. The van der Waals surface area contributed by atoms with E-state index in [0.29, 0.717) is 34.3 Å². The maximum Gasteiger partial charge on any atom is 0.229 e. The van der Waals surface area contributed by atoms with E-state index in [9.17, 15) is 0 Å². The maximum atomic E-state index is 6.19. The molecule has 9 heteroatoms. The van der Waals surface area contributed by atoms with Crippen molar-refractivity contribution in [1.29, 1.82) is 0 Å². The maximum absolute atomic E-state index is 6.19. The number of aliphatic imine (C=N–C) groups is 1. The average Bonchev–Trinajstić information content (AvgIpc) is 2.68. The normalized spacial score (nSPS) is 11.1. The van der Waals surface area contributed by atoms with Gasteiger partial charge in [-0.1, -0.05) is 29.8 Å². The SMILES string of the molecule is Cc1cc(C)nc(NC(=NCc2cccnc2)NC(=S)Nc2ccccc2Cl)n1. The Labute approximate surface area is 179 Å². The third-order valence-corrected chi connectivity index (χ3v) is 4.24. The molecule has 0 fully saturated rings. The number of nitrogens with zero attached hydrogens (tertiary/aromatic N) is 4. The Balaban J connectivity index is 1.77. The first kappa shape index (κ1) is 20.6. The first-order valence-electron chi connectivity index (χ1n) is 8.85. The molecule has 2 heterocycles. The second kappa shape index (κ2) is 9.90. The molecular weight excluding hydrogens is 406 g/mol. The Kier molecular flexibility index (Phi) is 7.04. The lowest BCUT2D eigenvalue weighted by Gasteiger charge is -2.15.